The van der Waals surface area contributed by atoms with Crippen molar-refractivity contribution >= 4 is 16.8 Å². The summed E-state index contributed by atoms with van der Waals surface area (Å²) in [6.45, 7) is 7.21. The zero-order valence-corrected chi connectivity index (χ0v) is 17.7. The Bertz CT molecular complexity index is 1040. The number of benzene rings is 2. The number of carbonyl (C=O) groups excluding carboxylic acids is 1. The normalized spacial score (nSPS) is 15.4. The highest BCUT2D eigenvalue weighted by Gasteiger charge is 2.17. The number of likely N-dealkylation sites (tertiary alicyclic amines) is 1. The predicted molar refractivity (Wildman–Crippen MR) is 119 cm³/mol. The fraction of sp³-hybridized carbons (Fsp3) is 0.360. The molecule has 1 aliphatic rings. The summed E-state index contributed by atoms with van der Waals surface area (Å²) in [4.78, 5) is 19.8. The van der Waals surface area contributed by atoms with Crippen LogP contribution >= 0.6 is 0 Å². The number of hydrogen-bond acceptors (Lipinski definition) is 4. The third-order valence-corrected chi connectivity index (χ3v) is 5.78. The first-order chi connectivity index (χ1) is 14.5. The number of hydrogen-bond donors (Lipinski definition) is 2. The van der Waals surface area contributed by atoms with Crippen LogP contribution in [0.5, 0.6) is 0 Å². The molecule has 0 saturated carbocycles. The van der Waals surface area contributed by atoms with Gasteiger partial charge in [-0.15, -0.1) is 0 Å². The van der Waals surface area contributed by atoms with Crippen molar-refractivity contribution in [3.63, 3.8) is 0 Å². The SMILES string of the molecule is Cc1ccc2nc(C)cc(C(=O)NCc3ccc(CN4CCC(O)CC4)cc3)c2c1. The van der Waals surface area contributed by atoms with Crippen LogP contribution in [0.2, 0.25) is 0 Å². The third kappa shape index (κ3) is 4.86. The molecule has 30 heavy (non-hydrogen) atoms. The number of nitrogens with zero attached hydrogens (tertiary/aromatic N) is 2. The van der Waals surface area contributed by atoms with Crippen molar-refractivity contribution in [2.45, 2.75) is 45.9 Å². The molecule has 0 spiro atoms. The number of aromatic nitrogens is 1. The maximum atomic E-state index is 12.9. The minimum absolute atomic E-state index is 0.0768. The minimum atomic E-state index is -0.141. The van der Waals surface area contributed by atoms with Crippen molar-refractivity contribution in [2.75, 3.05) is 13.1 Å². The molecule has 1 saturated heterocycles. The Kier molecular flexibility index (Phi) is 6.11. The third-order valence-electron chi connectivity index (χ3n) is 5.78. The predicted octanol–water partition coefficient (Wildman–Crippen LogP) is 3.74. The van der Waals surface area contributed by atoms with Gasteiger partial charge in [0.15, 0.2) is 0 Å². The van der Waals surface area contributed by atoms with E-state index in [4.69, 9.17) is 0 Å². The van der Waals surface area contributed by atoms with Gasteiger partial charge in [-0.3, -0.25) is 14.7 Å². The quantitative estimate of drug-likeness (QED) is 0.681. The van der Waals surface area contributed by atoms with Crippen molar-refractivity contribution in [1.82, 2.24) is 15.2 Å². The molecule has 0 aliphatic carbocycles. The lowest BCUT2D eigenvalue weighted by atomic mass is 10.0. The summed E-state index contributed by atoms with van der Waals surface area (Å²) in [6.07, 6.45) is 1.57. The standard InChI is InChI=1S/C25H29N3O2/c1-17-3-8-24-22(13-17)23(14-18(2)27-24)25(30)26-15-19-4-6-20(7-5-19)16-28-11-9-21(29)10-12-28/h3-8,13-14,21,29H,9-12,15-16H2,1-2H3,(H,26,30). The Morgan fingerprint density at radius 1 is 1.07 bits per heavy atom. The molecule has 2 N–H and O–H groups in total. The van der Waals surface area contributed by atoms with E-state index in [1.54, 1.807) is 0 Å². The number of nitrogens with one attached hydrogen (secondary N) is 1. The monoisotopic (exact) mass is 403 g/mol. The zero-order chi connectivity index (χ0) is 21.1. The highest BCUT2D eigenvalue weighted by molar-refractivity contribution is 6.06. The molecule has 0 radical (unpaired) electrons. The van der Waals surface area contributed by atoms with E-state index in [2.05, 4.69) is 39.5 Å². The van der Waals surface area contributed by atoms with E-state index in [1.807, 2.05) is 38.1 Å². The number of fused-ring (bicyclic) bond motifs is 1. The van der Waals surface area contributed by atoms with Crippen LogP contribution in [0, 0.1) is 13.8 Å². The molecule has 0 unspecified atom stereocenters. The molecule has 3 aromatic rings. The van der Waals surface area contributed by atoms with Gasteiger partial charge in [-0.1, -0.05) is 35.9 Å². The van der Waals surface area contributed by atoms with Gasteiger partial charge in [0.25, 0.3) is 5.91 Å². The molecule has 0 bridgehead atoms. The maximum absolute atomic E-state index is 12.9. The number of aliphatic hydroxyl groups excluding tert-OH is 1. The van der Waals surface area contributed by atoms with Gasteiger partial charge in [0.1, 0.15) is 0 Å². The second-order valence-corrected chi connectivity index (χ2v) is 8.34. The molecule has 2 heterocycles. The Balaban J connectivity index is 1.39. The van der Waals surface area contributed by atoms with E-state index in [9.17, 15) is 9.90 Å². The lowest BCUT2D eigenvalue weighted by Gasteiger charge is -2.29. The molecule has 4 rings (SSSR count). The molecular formula is C25H29N3O2. The van der Waals surface area contributed by atoms with Crippen LogP contribution in [0.3, 0.4) is 0 Å². The summed E-state index contributed by atoms with van der Waals surface area (Å²) in [5.41, 5.74) is 5.80. The highest BCUT2D eigenvalue weighted by atomic mass is 16.3. The van der Waals surface area contributed by atoms with Crippen LogP contribution in [0.1, 0.15) is 45.6 Å². The maximum Gasteiger partial charge on any atom is 0.252 e. The second-order valence-electron chi connectivity index (χ2n) is 8.34. The number of piperidine rings is 1. The van der Waals surface area contributed by atoms with Gasteiger partial charge in [-0.05, 0) is 56.0 Å². The average Bonchev–Trinajstić information content (AvgIpc) is 2.74. The van der Waals surface area contributed by atoms with Gasteiger partial charge in [0.2, 0.25) is 0 Å². The van der Waals surface area contributed by atoms with Crippen LogP contribution in [-0.4, -0.2) is 40.1 Å². The lowest BCUT2D eigenvalue weighted by molar-refractivity contribution is 0.0792. The van der Waals surface area contributed by atoms with E-state index < -0.39 is 0 Å². The number of rotatable bonds is 5. The van der Waals surface area contributed by atoms with Gasteiger partial charge >= 0.3 is 0 Å². The summed E-state index contributed by atoms with van der Waals surface area (Å²) in [5, 5.41) is 13.6. The average molecular weight is 404 g/mol. The summed E-state index contributed by atoms with van der Waals surface area (Å²) in [5.74, 6) is -0.0768. The van der Waals surface area contributed by atoms with Crippen molar-refractivity contribution in [1.29, 1.82) is 0 Å². The Morgan fingerprint density at radius 3 is 2.50 bits per heavy atom. The topological polar surface area (TPSA) is 65.5 Å². The molecule has 2 aromatic carbocycles. The van der Waals surface area contributed by atoms with Gasteiger partial charge in [-0.2, -0.15) is 0 Å². The van der Waals surface area contributed by atoms with Gasteiger partial charge in [0.05, 0.1) is 17.2 Å². The van der Waals surface area contributed by atoms with Crippen LogP contribution < -0.4 is 5.32 Å². The van der Waals surface area contributed by atoms with Crippen molar-refractivity contribution in [3.05, 3.63) is 76.5 Å². The number of carbonyl (C=O) groups is 1. The molecule has 5 heteroatoms. The fourth-order valence-corrected chi connectivity index (χ4v) is 4.04. The molecule has 1 aromatic heterocycles. The van der Waals surface area contributed by atoms with Crippen LogP contribution in [-0.2, 0) is 13.1 Å². The van der Waals surface area contributed by atoms with Crippen molar-refractivity contribution < 1.29 is 9.90 Å². The van der Waals surface area contributed by atoms with E-state index in [1.165, 1.54) is 5.56 Å². The molecule has 1 fully saturated rings. The number of aliphatic hydroxyl groups is 1. The molecule has 5 nitrogen and oxygen atoms in total. The molecule has 0 atom stereocenters. The van der Waals surface area contributed by atoms with Gasteiger partial charge in [-0.25, -0.2) is 0 Å². The van der Waals surface area contributed by atoms with Crippen LogP contribution in [0.15, 0.2) is 48.5 Å². The van der Waals surface area contributed by atoms with Crippen molar-refractivity contribution in [2.24, 2.45) is 0 Å². The van der Waals surface area contributed by atoms with Crippen molar-refractivity contribution in [3.8, 4) is 0 Å². The van der Waals surface area contributed by atoms with E-state index in [0.717, 1.165) is 60.2 Å². The largest absolute Gasteiger partial charge is 0.393 e. The van der Waals surface area contributed by atoms with Gasteiger partial charge < -0.3 is 10.4 Å². The Morgan fingerprint density at radius 2 is 1.77 bits per heavy atom. The Labute approximate surface area is 177 Å². The smallest absolute Gasteiger partial charge is 0.252 e. The lowest BCUT2D eigenvalue weighted by Crippen LogP contribution is -2.35. The molecule has 156 valence electrons. The number of aryl methyl sites for hydroxylation is 2. The summed E-state index contributed by atoms with van der Waals surface area (Å²) in [7, 11) is 0. The first kappa shape index (κ1) is 20.5. The minimum Gasteiger partial charge on any atom is -0.393 e. The van der Waals surface area contributed by atoms with Crippen LogP contribution in [0.4, 0.5) is 0 Å². The van der Waals surface area contributed by atoms with E-state index >= 15 is 0 Å². The molecule has 1 aliphatic heterocycles. The molecular weight excluding hydrogens is 374 g/mol. The van der Waals surface area contributed by atoms with E-state index in [0.29, 0.717) is 12.1 Å². The number of pyridine rings is 1. The fourth-order valence-electron chi connectivity index (χ4n) is 4.04. The highest BCUT2D eigenvalue weighted by Crippen LogP contribution is 2.20. The van der Waals surface area contributed by atoms with Crippen LogP contribution in [0.25, 0.3) is 10.9 Å². The first-order valence-corrected chi connectivity index (χ1v) is 10.6. The summed E-state index contributed by atoms with van der Waals surface area (Å²) < 4.78 is 0. The zero-order valence-electron chi connectivity index (χ0n) is 17.7. The molecule has 1 amide bonds. The number of amides is 1. The van der Waals surface area contributed by atoms with E-state index in [-0.39, 0.29) is 12.0 Å². The van der Waals surface area contributed by atoms with Gasteiger partial charge in [0, 0.05) is 37.3 Å². The summed E-state index contributed by atoms with van der Waals surface area (Å²) >= 11 is 0. The summed E-state index contributed by atoms with van der Waals surface area (Å²) in [6, 6.07) is 16.3. The Hall–Kier alpha value is -2.76. The first-order valence-electron chi connectivity index (χ1n) is 10.6. The second kappa shape index (κ2) is 8.94.